The van der Waals surface area contributed by atoms with Gasteiger partial charge in [0.15, 0.2) is 5.75 Å². The van der Waals surface area contributed by atoms with Gasteiger partial charge in [0, 0.05) is 37.6 Å². The summed E-state index contributed by atoms with van der Waals surface area (Å²) in [6, 6.07) is 14.6. The number of benzene rings is 3. The van der Waals surface area contributed by atoms with Crippen molar-refractivity contribution in [2.24, 2.45) is 0 Å². The standard InChI is InChI=1S/C23H18ClN5O/c1-13-2-4-19-15(10-13)17-12-18-16-11-14(24)3-5-20(16)28-22(18)23(21(17)27-19)30-9-8-29-25-6-7-26-29/h2-7,10-12,27-28H,8-9H2,1H3. The first kappa shape index (κ1) is 17.4. The van der Waals surface area contributed by atoms with Gasteiger partial charge in [-0.3, -0.25) is 0 Å². The number of aryl methyl sites for hydroxylation is 1. The first-order chi connectivity index (χ1) is 14.7. The van der Waals surface area contributed by atoms with Crippen LogP contribution in [0.1, 0.15) is 5.56 Å². The van der Waals surface area contributed by atoms with Crippen LogP contribution in [0.15, 0.2) is 54.9 Å². The first-order valence-electron chi connectivity index (χ1n) is 9.80. The van der Waals surface area contributed by atoms with Gasteiger partial charge in [-0.15, -0.1) is 0 Å². The van der Waals surface area contributed by atoms with E-state index in [0.717, 1.165) is 44.0 Å². The Hall–Kier alpha value is -3.51. The second-order valence-corrected chi connectivity index (χ2v) is 7.95. The van der Waals surface area contributed by atoms with E-state index in [1.165, 1.54) is 10.9 Å². The minimum Gasteiger partial charge on any atom is -0.487 e. The van der Waals surface area contributed by atoms with Crippen molar-refractivity contribution in [2.45, 2.75) is 13.5 Å². The first-order valence-corrected chi connectivity index (χ1v) is 10.2. The van der Waals surface area contributed by atoms with Crippen LogP contribution in [0.4, 0.5) is 0 Å². The molecule has 0 saturated carbocycles. The Balaban J connectivity index is 1.61. The van der Waals surface area contributed by atoms with Gasteiger partial charge in [-0.1, -0.05) is 23.2 Å². The van der Waals surface area contributed by atoms with Gasteiger partial charge in [0.1, 0.15) is 6.61 Å². The van der Waals surface area contributed by atoms with Gasteiger partial charge >= 0.3 is 0 Å². The summed E-state index contributed by atoms with van der Waals surface area (Å²) in [5.41, 5.74) is 5.27. The Morgan fingerprint density at radius 2 is 1.53 bits per heavy atom. The Bertz CT molecular complexity index is 1450. The number of hydrogen-bond acceptors (Lipinski definition) is 3. The zero-order valence-corrected chi connectivity index (χ0v) is 17.0. The minimum absolute atomic E-state index is 0.452. The van der Waals surface area contributed by atoms with Crippen LogP contribution in [0.3, 0.4) is 0 Å². The summed E-state index contributed by atoms with van der Waals surface area (Å²) in [5, 5.41) is 13.5. The molecular formula is C23H18ClN5O. The molecule has 0 aliphatic rings. The molecule has 0 aliphatic heterocycles. The van der Waals surface area contributed by atoms with E-state index in [1.807, 2.05) is 18.2 Å². The van der Waals surface area contributed by atoms with E-state index >= 15 is 0 Å². The van der Waals surface area contributed by atoms with Crippen LogP contribution in [0, 0.1) is 6.92 Å². The second-order valence-electron chi connectivity index (χ2n) is 7.51. The molecule has 0 spiro atoms. The molecule has 6 aromatic rings. The van der Waals surface area contributed by atoms with E-state index in [0.29, 0.717) is 18.2 Å². The Morgan fingerprint density at radius 1 is 0.867 bits per heavy atom. The third-order valence-electron chi connectivity index (χ3n) is 5.54. The molecular weight excluding hydrogens is 398 g/mol. The number of H-pyrrole nitrogens is 2. The molecule has 0 atom stereocenters. The fourth-order valence-electron chi connectivity index (χ4n) is 4.17. The van der Waals surface area contributed by atoms with Crippen LogP contribution < -0.4 is 4.74 Å². The number of nitrogens with zero attached hydrogens (tertiary/aromatic N) is 3. The number of ether oxygens (including phenoxy) is 1. The molecule has 0 fully saturated rings. The highest BCUT2D eigenvalue weighted by atomic mass is 35.5. The zero-order chi connectivity index (χ0) is 20.2. The van der Waals surface area contributed by atoms with Gasteiger partial charge in [-0.05, 0) is 43.3 Å². The van der Waals surface area contributed by atoms with Gasteiger partial charge < -0.3 is 14.7 Å². The maximum Gasteiger partial charge on any atom is 0.167 e. The number of nitrogens with one attached hydrogen (secondary N) is 2. The Labute approximate surface area is 176 Å². The van der Waals surface area contributed by atoms with Gasteiger partial charge in [0.2, 0.25) is 0 Å². The monoisotopic (exact) mass is 415 g/mol. The maximum atomic E-state index is 6.33. The van der Waals surface area contributed by atoms with E-state index in [1.54, 1.807) is 17.2 Å². The summed E-state index contributed by atoms with van der Waals surface area (Å²) >= 11 is 6.30. The molecule has 0 radical (unpaired) electrons. The van der Waals surface area contributed by atoms with Crippen molar-refractivity contribution in [3.8, 4) is 5.75 Å². The largest absolute Gasteiger partial charge is 0.487 e. The topological polar surface area (TPSA) is 71.5 Å². The normalized spacial score (nSPS) is 11.9. The minimum atomic E-state index is 0.452. The summed E-state index contributed by atoms with van der Waals surface area (Å²) in [5.74, 6) is 0.802. The van der Waals surface area contributed by atoms with Crippen molar-refractivity contribution in [2.75, 3.05) is 6.61 Å². The van der Waals surface area contributed by atoms with Crippen molar-refractivity contribution in [3.05, 3.63) is 65.4 Å². The van der Waals surface area contributed by atoms with Crippen molar-refractivity contribution in [3.63, 3.8) is 0 Å². The lowest BCUT2D eigenvalue weighted by atomic mass is 10.1. The maximum absolute atomic E-state index is 6.33. The smallest absolute Gasteiger partial charge is 0.167 e. The second kappa shape index (κ2) is 6.50. The SMILES string of the molecule is Cc1ccc2[nH]c3c(OCCn4nccn4)c4[nH]c5ccc(Cl)cc5c4cc3c2c1. The highest BCUT2D eigenvalue weighted by Crippen LogP contribution is 2.41. The lowest BCUT2D eigenvalue weighted by molar-refractivity contribution is 0.287. The van der Waals surface area contributed by atoms with Gasteiger partial charge in [-0.2, -0.15) is 15.0 Å². The molecule has 0 aliphatic carbocycles. The summed E-state index contributed by atoms with van der Waals surface area (Å²) in [7, 11) is 0. The van der Waals surface area contributed by atoms with E-state index in [9.17, 15) is 0 Å². The molecule has 0 bridgehead atoms. The number of rotatable bonds is 4. The van der Waals surface area contributed by atoms with E-state index < -0.39 is 0 Å². The molecule has 6 rings (SSSR count). The van der Waals surface area contributed by atoms with Crippen LogP contribution in [-0.2, 0) is 6.54 Å². The van der Waals surface area contributed by atoms with Crippen LogP contribution in [0.2, 0.25) is 5.02 Å². The number of fused-ring (bicyclic) bond motifs is 6. The van der Waals surface area contributed by atoms with E-state index in [-0.39, 0.29) is 0 Å². The lowest BCUT2D eigenvalue weighted by Crippen LogP contribution is -2.11. The molecule has 0 unspecified atom stereocenters. The van der Waals surface area contributed by atoms with Gasteiger partial charge in [0.05, 0.1) is 30.0 Å². The molecule has 2 N–H and O–H groups in total. The molecule has 0 amide bonds. The number of hydrogen-bond donors (Lipinski definition) is 2. The molecule has 0 saturated heterocycles. The summed E-state index contributed by atoms with van der Waals surface area (Å²) in [6.45, 7) is 3.13. The van der Waals surface area contributed by atoms with Crippen LogP contribution in [0.5, 0.6) is 5.75 Å². The average Bonchev–Trinajstić information content (AvgIpc) is 3.45. The molecule has 3 aromatic heterocycles. The lowest BCUT2D eigenvalue weighted by Gasteiger charge is -2.09. The zero-order valence-electron chi connectivity index (χ0n) is 16.2. The quantitative estimate of drug-likeness (QED) is 0.394. The molecule has 6 nitrogen and oxygen atoms in total. The number of halogens is 1. The highest BCUT2D eigenvalue weighted by Gasteiger charge is 2.18. The molecule has 148 valence electrons. The Morgan fingerprint density at radius 3 is 2.27 bits per heavy atom. The highest BCUT2D eigenvalue weighted by molar-refractivity contribution is 6.32. The van der Waals surface area contributed by atoms with Gasteiger partial charge in [-0.25, -0.2) is 0 Å². The predicted molar refractivity (Wildman–Crippen MR) is 120 cm³/mol. The Kier molecular flexibility index (Phi) is 3.76. The van der Waals surface area contributed by atoms with Crippen LogP contribution in [-0.4, -0.2) is 31.6 Å². The number of aromatic nitrogens is 5. The fourth-order valence-corrected chi connectivity index (χ4v) is 4.34. The molecule has 3 heterocycles. The molecule has 3 aromatic carbocycles. The summed E-state index contributed by atoms with van der Waals surface area (Å²) in [6.07, 6.45) is 3.33. The van der Waals surface area contributed by atoms with Crippen LogP contribution >= 0.6 is 11.6 Å². The van der Waals surface area contributed by atoms with Crippen molar-refractivity contribution < 1.29 is 4.74 Å². The van der Waals surface area contributed by atoms with Crippen molar-refractivity contribution in [1.29, 1.82) is 0 Å². The van der Waals surface area contributed by atoms with E-state index in [2.05, 4.69) is 51.4 Å². The van der Waals surface area contributed by atoms with Crippen LogP contribution in [0.25, 0.3) is 43.6 Å². The third-order valence-corrected chi connectivity index (χ3v) is 5.78. The summed E-state index contributed by atoms with van der Waals surface area (Å²) in [4.78, 5) is 8.70. The predicted octanol–water partition coefficient (Wildman–Crippen LogP) is 5.59. The average molecular weight is 416 g/mol. The van der Waals surface area contributed by atoms with E-state index in [4.69, 9.17) is 16.3 Å². The third kappa shape index (κ3) is 2.64. The number of aromatic amines is 2. The molecule has 7 heteroatoms. The molecule has 30 heavy (non-hydrogen) atoms. The van der Waals surface area contributed by atoms with Crippen molar-refractivity contribution in [1.82, 2.24) is 25.0 Å². The van der Waals surface area contributed by atoms with Crippen molar-refractivity contribution >= 4 is 55.2 Å². The summed E-state index contributed by atoms with van der Waals surface area (Å²) < 4.78 is 6.33. The fraction of sp³-hybridized carbons (Fsp3) is 0.130. The van der Waals surface area contributed by atoms with Gasteiger partial charge in [0.25, 0.3) is 0 Å².